The normalized spacial score (nSPS) is 11.4. The van der Waals surface area contributed by atoms with Crippen molar-refractivity contribution in [2.75, 3.05) is 14.2 Å². The Bertz CT molecular complexity index is 1250. The van der Waals surface area contributed by atoms with Gasteiger partial charge in [-0.2, -0.15) is 0 Å². The smallest absolute Gasteiger partial charge is 0.341 e. The van der Waals surface area contributed by atoms with Crippen molar-refractivity contribution in [3.8, 4) is 11.5 Å². The van der Waals surface area contributed by atoms with Gasteiger partial charge < -0.3 is 19.6 Å². The maximum absolute atomic E-state index is 12.7. The van der Waals surface area contributed by atoms with Crippen molar-refractivity contribution in [1.29, 1.82) is 0 Å². The predicted molar refractivity (Wildman–Crippen MR) is 105 cm³/mol. The molecule has 0 saturated carbocycles. The van der Waals surface area contributed by atoms with Crippen LogP contribution in [0, 0.1) is 0 Å². The molecular weight excluding hydrogens is 400 g/mol. The maximum Gasteiger partial charge on any atom is 0.341 e. The van der Waals surface area contributed by atoms with Crippen LogP contribution in [0.25, 0.3) is 10.9 Å². The van der Waals surface area contributed by atoms with Crippen molar-refractivity contribution < 1.29 is 27.8 Å². The van der Waals surface area contributed by atoms with Gasteiger partial charge in [-0.15, -0.1) is 0 Å². The molecule has 152 valence electrons. The number of aromatic carboxylic acids is 1. The Morgan fingerprint density at radius 1 is 1.14 bits per heavy atom. The molecule has 3 aromatic rings. The number of ether oxygens (including phenoxy) is 2. The number of fused-ring (bicyclic) bond motifs is 1. The number of benzene rings is 2. The molecule has 1 aromatic heterocycles. The van der Waals surface area contributed by atoms with E-state index in [0.717, 1.165) is 12.3 Å². The lowest BCUT2D eigenvalue weighted by molar-refractivity contribution is 0.0695. The minimum atomic E-state index is -3.98. The minimum Gasteiger partial charge on any atom is -0.497 e. The number of hydrogen-bond donors (Lipinski definition) is 3. The quantitative estimate of drug-likeness (QED) is 0.532. The molecule has 0 radical (unpaired) electrons. The first-order valence-corrected chi connectivity index (χ1v) is 9.84. The summed E-state index contributed by atoms with van der Waals surface area (Å²) in [4.78, 5) is 26.0. The number of pyridine rings is 1. The van der Waals surface area contributed by atoms with Gasteiger partial charge in [0, 0.05) is 35.3 Å². The lowest BCUT2D eigenvalue weighted by Crippen LogP contribution is -2.24. The SMILES string of the molecule is COc1ccc(CNS(=O)(=O)c2ccc3[nH]cc(C(=O)O)c(=O)c3c2)c(OC)c1. The predicted octanol–water partition coefficient (Wildman–Crippen LogP) is 1.72. The van der Waals surface area contributed by atoms with E-state index >= 15 is 0 Å². The molecule has 0 bridgehead atoms. The number of aromatic nitrogens is 1. The van der Waals surface area contributed by atoms with Crippen molar-refractivity contribution >= 4 is 26.9 Å². The molecule has 0 aliphatic heterocycles. The summed E-state index contributed by atoms with van der Waals surface area (Å²) >= 11 is 0. The van der Waals surface area contributed by atoms with E-state index in [-0.39, 0.29) is 16.8 Å². The zero-order valence-electron chi connectivity index (χ0n) is 15.6. The van der Waals surface area contributed by atoms with Crippen LogP contribution in [0.15, 0.2) is 52.3 Å². The molecular formula is C19H18N2O7S. The fraction of sp³-hybridized carbons (Fsp3) is 0.158. The molecule has 0 spiro atoms. The molecule has 9 nitrogen and oxygen atoms in total. The lowest BCUT2D eigenvalue weighted by Gasteiger charge is -2.12. The number of aromatic amines is 1. The second kappa shape index (κ2) is 7.94. The summed E-state index contributed by atoms with van der Waals surface area (Å²) < 4.78 is 38.2. The van der Waals surface area contributed by atoms with Crippen LogP contribution in [-0.2, 0) is 16.6 Å². The van der Waals surface area contributed by atoms with Crippen LogP contribution in [0.4, 0.5) is 0 Å². The molecule has 0 atom stereocenters. The average Bonchev–Trinajstić information content (AvgIpc) is 2.71. The molecule has 10 heteroatoms. The number of nitrogens with one attached hydrogen (secondary N) is 2. The number of sulfonamides is 1. The Labute approximate surface area is 166 Å². The van der Waals surface area contributed by atoms with Crippen LogP contribution in [0.5, 0.6) is 11.5 Å². The highest BCUT2D eigenvalue weighted by Gasteiger charge is 2.18. The van der Waals surface area contributed by atoms with Gasteiger partial charge in [-0.25, -0.2) is 17.9 Å². The van der Waals surface area contributed by atoms with Gasteiger partial charge in [-0.05, 0) is 24.3 Å². The second-order valence-electron chi connectivity index (χ2n) is 6.05. The molecule has 0 saturated heterocycles. The molecule has 3 N–H and O–H groups in total. The Morgan fingerprint density at radius 3 is 2.55 bits per heavy atom. The van der Waals surface area contributed by atoms with E-state index in [9.17, 15) is 18.0 Å². The fourth-order valence-corrected chi connectivity index (χ4v) is 3.81. The van der Waals surface area contributed by atoms with Gasteiger partial charge in [0.1, 0.15) is 17.1 Å². The third-order valence-electron chi connectivity index (χ3n) is 4.34. The summed E-state index contributed by atoms with van der Waals surface area (Å²) in [6.07, 6.45) is 1.08. The Balaban J connectivity index is 1.93. The number of rotatable bonds is 7. The van der Waals surface area contributed by atoms with Gasteiger partial charge in [0.2, 0.25) is 15.5 Å². The Morgan fingerprint density at radius 2 is 1.90 bits per heavy atom. The first kappa shape index (κ1) is 20.4. The fourth-order valence-electron chi connectivity index (χ4n) is 2.78. The molecule has 1 heterocycles. The van der Waals surface area contributed by atoms with Crippen LogP contribution in [-0.4, -0.2) is 38.7 Å². The zero-order chi connectivity index (χ0) is 21.2. The van der Waals surface area contributed by atoms with E-state index in [1.807, 2.05) is 0 Å². The molecule has 0 aliphatic carbocycles. The summed E-state index contributed by atoms with van der Waals surface area (Å²) in [6.45, 7) is -0.0565. The highest BCUT2D eigenvalue weighted by Crippen LogP contribution is 2.25. The van der Waals surface area contributed by atoms with Crippen molar-refractivity contribution in [3.05, 3.63) is 63.9 Å². The van der Waals surface area contributed by atoms with Crippen LogP contribution < -0.4 is 19.6 Å². The summed E-state index contributed by atoms with van der Waals surface area (Å²) in [6, 6.07) is 8.86. The van der Waals surface area contributed by atoms with Crippen LogP contribution in [0.3, 0.4) is 0 Å². The molecule has 2 aromatic carbocycles. The average molecular weight is 418 g/mol. The summed E-state index contributed by atoms with van der Waals surface area (Å²) in [7, 11) is -1.01. The summed E-state index contributed by atoms with van der Waals surface area (Å²) in [5.74, 6) is -0.379. The molecule has 0 amide bonds. The zero-order valence-corrected chi connectivity index (χ0v) is 16.4. The highest BCUT2D eigenvalue weighted by atomic mass is 32.2. The monoisotopic (exact) mass is 418 g/mol. The van der Waals surface area contributed by atoms with Crippen LogP contribution in [0.2, 0.25) is 0 Å². The van der Waals surface area contributed by atoms with Gasteiger partial charge in [-0.1, -0.05) is 6.07 Å². The summed E-state index contributed by atoms with van der Waals surface area (Å²) in [5.41, 5.74) is -0.317. The van der Waals surface area contributed by atoms with E-state index < -0.39 is 27.0 Å². The number of methoxy groups -OCH3 is 2. The molecule has 0 fully saturated rings. The van der Waals surface area contributed by atoms with E-state index in [4.69, 9.17) is 14.6 Å². The van der Waals surface area contributed by atoms with E-state index in [0.29, 0.717) is 22.6 Å². The topological polar surface area (TPSA) is 135 Å². The van der Waals surface area contributed by atoms with Gasteiger partial charge in [0.25, 0.3) is 0 Å². The van der Waals surface area contributed by atoms with E-state index in [1.54, 1.807) is 18.2 Å². The van der Waals surface area contributed by atoms with Gasteiger partial charge >= 0.3 is 5.97 Å². The van der Waals surface area contributed by atoms with Crippen molar-refractivity contribution in [2.45, 2.75) is 11.4 Å². The third kappa shape index (κ3) is 4.08. The highest BCUT2D eigenvalue weighted by molar-refractivity contribution is 7.89. The maximum atomic E-state index is 12.7. The van der Waals surface area contributed by atoms with Crippen molar-refractivity contribution in [2.24, 2.45) is 0 Å². The number of carboxylic acid groups (broad SMARTS) is 1. The minimum absolute atomic E-state index is 0.0326. The number of carboxylic acids is 1. The van der Waals surface area contributed by atoms with Gasteiger partial charge in [0.05, 0.1) is 19.1 Å². The second-order valence-corrected chi connectivity index (χ2v) is 7.81. The molecule has 29 heavy (non-hydrogen) atoms. The molecule has 0 aliphatic rings. The largest absolute Gasteiger partial charge is 0.497 e. The van der Waals surface area contributed by atoms with Crippen LogP contribution in [0.1, 0.15) is 15.9 Å². The molecule has 3 rings (SSSR count). The number of carbonyl (C=O) groups is 1. The van der Waals surface area contributed by atoms with E-state index in [1.165, 1.54) is 26.4 Å². The lowest BCUT2D eigenvalue weighted by atomic mass is 10.1. The Kier molecular flexibility index (Phi) is 5.57. The molecule has 0 unspecified atom stereocenters. The van der Waals surface area contributed by atoms with Crippen molar-refractivity contribution in [3.63, 3.8) is 0 Å². The first-order chi connectivity index (χ1) is 13.8. The number of hydrogen-bond acceptors (Lipinski definition) is 6. The third-order valence-corrected chi connectivity index (χ3v) is 5.74. The Hall–Kier alpha value is -3.37. The number of H-pyrrole nitrogens is 1. The van der Waals surface area contributed by atoms with Gasteiger partial charge in [0.15, 0.2) is 0 Å². The van der Waals surface area contributed by atoms with E-state index in [2.05, 4.69) is 9.71 Å². The standard InChI is InChI=1S/C19H18N2O7S/c1-27-12-4-3-11(17(7-12)28-2)9-21-29(25,26)13-5-6-16-14(8-13)18(22)15(10-20-16)19(23)24/h3-8,10,21H,9H2,1-2H3,(H,20,22)(H,23,24). The van der Waals surface area contributed by atoms with Crippen LogP contribution >= 0.6 is 0 Å². The van der Waals surface area contributed by atoms with Crippen molar-refractivity contribution in [1.82, 2.24) is 9.71 Å². The van der Waals surface area contributed by atoms with Gasteiger partial charge in [-0.3, -0.25) is 4.79 Å². The summed E-state index contributed by atoms with van der Waals surface area (Å²) in [5, 5.41) is 9.05. The first-order valence-electron chi connectivity index (χ1n) is 8.36.